The molecule has 0 aliphatic carbocycles. The van der Waals surface area contributed by atoms with Crippen LogP contribution < -0.4 is 0 Å². The molecular formula is C11H16O3S. The third kappa shape index (κ3) is 3.04. The Kier molecular flexibility index (Phi) is 3.52. The summed E-state index contributed by atoms with van der Waals surface area (Å²) in [4.78, 5) is 0. The molecule has 0 heterocycles. The van der Waals surface area contributed by atoms with Crippen molar-refractivity contribution in [2.45, 2.75) is 25.2 Å². The van der Waals surface area contributed by atoms with Crippen LogP contribution in [-0.2, 0) is 9.84 Å². The van der Waals surface area contributed by atoms with E-state index in [0.717, 1.165) is 11.8 Å². The molecule has 0 bridgehead atoms. The van der Waals surface area contributed by atoms with Gasteiger partial charge in [0.05, 0.1) is 11.4 Å². The smallest absolute Gasteiger partial charge is 0.152 e. The Morgan fingerprint density at radius 2 is 1.67 bits per heavy atom. The molecule has 0 spiro atoms. The number of benzene rings is 1. The van der Waals surface area contributed by atoms with Gasteiger partial charge >= 0.3 is 0 Å². The average Bonchev–Trinajstić information content (AvgIpc) is 2.15. The van der Waals surface area contributed by atoms with E-state index < -0.39 is 21.2 Å². The number of hydrogen-bond donors (Lipinski definition) is 1. The molecule has 1 N–H and O–H groups in total. The summed E-state index contributed by atoms with van der Waals surface area (Å²) in [6, 6.07) is 7.21. The van der Waals surface area contributed by atoms with Crippen molar-refractivity contribution in [3.8, 4) is 0 Å². The predicted molar refractivity (Wildman–Crippen MR) is 60.4 cm³/mol. The molecule has 0 aromatic heterocycles. The molecular weight excluding hydrogens is 212 g/mol. The molecule has 0 saturated heterocycles. The van der Waals surface area contributed by atoms with E-state index in [0.29, 0.717) is 5.56 Å². The van der Waals surface area contributed by atoms with Gasteiger partial charge in [0.25, 0.3) is 0 Å². The zero-order valence-corrected chi connectivity index (χ0v) is 9.95. The van der Waals surface area contributed by atoms with Gasteiger partial charge in [-0.05, 0) is 19.4 Å². The molecule has 0 radical (unpaired) electrons. The van der Waals surface area contributed by atoms with E-state index in [9.17, 15) is 13.5 Å². The van der Waals surface area contributed by atoms with Gasteiger partial charge < -0.3 is 5.11 Å². The topological polar surface area (TPSA) is 54.4 Å². The summed E-state index contributed by atoms with van der Waals surface area (Å²) in [7, 11) is -3.21. The Bertz CT molecular complexity index is 420. The SMILES string of the molecule is Cc1ccc([C@@H](O)[C@H](C)S(C)(=O)=O)cc1. The first-order valence-electron chi connectivity index (χ1n) is 4.76. The fraction of sp³-hybridized carbons (Fsp3) is 0.455. The van der Waals surface area contributed by atoms with Crippen molar-refractivity contribution in [2.24, 2.45) is 0 Å². The maximum Gasteiger partial charge on any atom is 0.152 e. The lowest BCUT2D eigenvalue weighted by molar-refractivity contribution is 0.176. The highest BCUT2D eigenvalue weighted by atomic mass is 32.2. The molecule has 1 rings (SSSR count). The number of hydrogen-bond acceptors (Lipinski definition) is 3. The molecule has 15 heavy (non-hydrogen) atoms. The monoisotopic (exact) mass is 228 g/mol. The number of aliphatic hydroxyl groups excluding tert-OH is 1. The van der Waals surface area contributed by atoms with Crippen molar-refractivity contribution in [1.29, 1.82) is 0 Å². The van der Waals surface area contributed by atoms with E-state index in [1.165, 1.54) is 6.92 Å². The average molecular weight is 228 g/mol. The second kappa shape index (κ2) is 4.33. The van der Waals surface area contributed by atoms with Gasteiger partial charge in [0.15, 0.2) is 9.84 Å². The van der Waals surface area contributed by atoms with Crippen LogP contribution in [0.4, 0.5) is 0 Å². The Hall–Kier alpha value is -0.870. The maximum atomic E-state index is 11.3. The van der Waals surface area contributed by atoms with Crippen LogP contribution in [0.3, 0.4) is 0 Å². The van der Waals surface area contributed by atoms with E-state index in [1.807, 2.05) is 19.1 Å². The third-order valence-electron chi connectivity index (χ3n) is 2.54. The van der Waals surface area contributed by atoms with Crippen molar-refractivity contribution in [1.82, 2.24) is 0 Å². The van der Waals surface area contributed by atoms with Gasteiger partial charge in [0, 0.05) is 6.26 Å². The first kappa shape index (κ1) is 12.2. The molecule has 0 aliphatic rings. The van der Waals surface area contributed by atoms with Gasteiger partial charge in [0.2, 0.25) is 0 Å². The number of sulfone groups is 1. The summed E-state index contributed by atoms with van der Waals surface area (Å²) in [5, 5.41) is 9.06. The lowest BCUT2D eigenvalue weighted by Crippen LogP contribution is -2.24. The molecule has 4 heteroatoms. The van der Waals surface area contributed by atoms with E-state index in [1.54, 1.807) is 12.1 Å². The van der Waals surface area contributed by atoms with Crippen LogP contribution in [-0.4, -0.2) is 25.0 Å². The summed E-state index contributed by atoms with van der Waals surface area (Å²) in [6.07, 6.45) is 0.176. The van der Waals surface area contributed by atoms with Gasteiger partial charge in [-0.1, -0.05) is 29.8 Å². The van der Waals surface area contributed by atoms with Gasteiger partial charge in [-0.15, -0.1) is 0 Å². The lowest BCUT2D eigenvalue weighted by Gasteiger charge is -2.17. The van der Waals surface area contributed by atoms with Crippen molar-refractivity contribution in [2.75, 3.05) is 6.26 Å². The molecule has 1 aromatic rings. The zero-order chi connectivity index (χ0) is 11.6. The zero-order valence-electron chi connectivity index (χ0n) is 9.14. The molecule has 0 aliphatic heterocycles. The summed E-state index contributed by atoms with van der Waals surface area (Å²) >= 11 is 0. The second-order valence-corrected chi connectivity index (χ2v) is 6.29. The predicted octanol–water partition coefficient (Wildman–Crippen LogP) is 1.46. The van der Waals surface area contributed by atoms with Crippen molar-refractivity contribution >= 4 is 9.84 Å². The van der Waals surface area contributed by atoms with Gasteiger partial charge in [-0.2, -0.15) is 0 Å². The first-order valence-corrected chi connectivity index (χ1v) is 6.71. The van der Waals surface area contributed by atoms with Crippen LogP contribution in [0.5, 0.6) is 0 Å². The van der Waals surface area contributed by atoms with Crippen LogP contribution in [0.25, 0.3) is 0 Å². The molecule has 0 fully saturated rings. The highest BCUT2D eigenvalue weighted by Gasteiger charge is 2.25. The fourth-order valence-electron chi connectivity index (χ4n) is 1.27. The van der Waals surface area contributed by atoms with Gasteiger partial charge in [0.1, 0.15) is 0 Å². The van der Waals surface area contributed by atoms with Crippen LogP contribution in [0.15, 0.2) is 24.3 Å². The highest BCUT2D eigenvalue weighted by molar-refractivity contribution is 7.91. The minimum Gasteiger partial charge on any atom is -0.387 e. The number of aliphatic hydroxyl groups is 1. The Morgan fingerprint density at radius 1 is 1.20 bits per heavy atom. The second-order valence-electron chi connectivity index (χ2n) is 3.89. The van der Waals surface area contributed by atoms with Crippen molar-refractivity contribution in [3.05, 3.63) is 35.4 Å². The Balaban J connectivity index is 2.95. The molecule has 0 saturated carbocycles. The number of rotatable bonds is 3. The van der Waals surface area contributed by atoms with E-state index in [-0.39, 0.29) is 0 Å². The summed E-state index contributed by atoms with van der Waals surface area (Å²) in [5.74, 6) is 0. The van der Waals surface area contributed by atoms with Crippen molar-refractivity contribution < 1.29 is 13.5 Å². The molecule has 0 unspecified atom stereocenters. The Morgan fingerprint density at radius 3 is 2.07 bits per heavy atom. The summed E-state index contributed by atoms with van der Waals surface area (Å²) in [6.45, 7) is 3.45. The number of aryl methyl sites for hydroxylation is 1. The van der Waals surface area contributed by atoms with Crippen LogP contribution in [0, 0.1) is 6.92 Å². The Labute approximate surface area is 90.7 Å². The van der Waals surface area contributed by atoms with Crippen LogP contribution >= 0.6 is 0 Å². The standard InChI is InChI=1S/C11H16O3S/c1-8-4-6-10(7-5-8)11(12)9(2)15(3,13)14/h4-7,9,11-12H,1-3H3/t9-,11-/m0/s1. The lowest BCUT2D eigenvalue weighted by atomic mass is 10.1. The first-order chi connectivity index (χ1) is 6.82. The summed E-state index contributed by atoms with van der Waals surface area (Å²) < 4.78 is 22.5. The minimum absolute atomic E-state index is 0.638. The van der Waals surface area contributed by atoms with Crippen LogP contribution in [0.1, 0.15) is 24.2 Å². The fourth-order valence-corrected chi connectivity index (χ4v) is 1.89. The highest BCUT2D eigenvalue weighted by Crippen LogP contribution is 2.21. The molecule has 2 atom stereocenters. The van der Waals surface area contributed by atoms with E-state index in [4.69, 9.17) is 0 Å². The van der Waals surface area contributed by atoms with Gasteiger partial charge in [-0.3, -0.25) is 0 Å². The molecule has 84 valence electrons. The van der Waals surface area contributed by atoms with E-state index >= 15 is 0 Å². The third-order valence-corrected chi connectivity index (χ3v) is 4.15. The van der Waals surface area contributed by atoms with Crippen molar-refractivity contribution in [3.63, 3.8) is 0 Å². The molecule has 0 amide bonds. The normalized spacial score (nSPS) is 16.0. The minimum atomic E-state index is -3.21. The van der Waals surface area contributed by atoms with Crippen LogP contribution in [0.2, 0.25) is 0 Å². The maximum absolute atomic E-state index is 11.3. The van der Waals surface area contributed by atoms with Gasteiger partial charge in [-0.25, -0.2) is 8.42 Å². The quantitative estimate of drug-likeness (QED) is 0.852. The van der Waals surface area contributed by atoms with E-state index in [2.05, 4.69) is 0 Å². The molecule has 1 aromatic carbocycles. The molecule has 3 nitrogen and oxygen atoms in total. The summed E-state index contributed by atoms with van der Waals surface area (Å²) in [5.41, 5.74) is 1.72. The largest absolute Gasteiger partial charge is 0.387 e.